The zero-order valence-electron chi connectivity index (χ0n) is 29.6. The van der Waals surface area contributed by atoms with Gasteiger partial charge in [-0.05, 0) is 40.4 Å². The lowest BCUT2D eigenvalue weighted by Gasteiger charge is -2.39. The van der Waals surface area contributed by atoms with Crippen molar-refractivity contribution in [1.82, 2.24) is 34.8 Å². The van der Waals surface area contributed by atoms with Gasteiger partial charge in [-0.25, -0.2) is 4.79 Å². The molecule has 6 atom stereocenters. The van der Waals surface area contributed by atoms with E-state index < -0.39 is 74.7 Å². The number of likely N-dealkylation sites (tertiary alicyclic amines) is 1. The Kier molecular flexibility index (Phi) is 10.2. The summed E-state index contributed by atoms with van der Waals surface area (Å²) < 4.78 is 28.1. The maximum atomic E-state index is 14.3. The van der Waals surface area contributed by atoms with Crippen molar-refractivity contribution in [3.05, 3.63) is 0 Å². The summed E-state index contributed by atoms with van der Waals surface area (Å²) in [4.78, 5) is 68.5. The van der Waals surface area contributed by atoms with Crippen molar-refractivity contribution < 1.29 is 32.4 Å². The van der Waals surface area contributed by atoms with Crippen LogP contribution in [0.4, 0.5) is 4.79 Å². The van der Waals surface area contributed by atoms with Crippen LogP contribution in [0, 0.1) is 34.0 Å². The summed E-state index contributed by atoms with van der Waals surface area (Å²) in [6.07, 6.45) is 2.23. The van der Waals surface area contributed by atoms with Gasteiger partial charge in [0.1, 0.15) is 12.1 Å². The predicted molar refractivity (Wildman–Crippen MR) is 176 cm³/mol. The highest BCUT2D eigenvalue weighted by molar-refractivity contribution is 7.87. The second-order valence-corrected chi connectivity index (χ2v) is 18.6. The summed E-state index contributed by atoms with van der Waals surface area (Å²) in [5.41, 5.74) is -1.45. The molecule has 0 aromatic heterocycles. The standard InChI is InChI=1S/C32H55N7O7S/c1-30(2,3)21(17-38-14-13-37(10)47(38,45)46)35-29(44)36-25(31(4,5)6)28(43)39-16-19-22(32(19,7)8)23(39)26(41)34-20(15-18-11-12-18)24(40)27(42)33-9/h18-23,25H,11-17H2,1-10H3,(H,33,42)(H,34,41)(H2,35,36,44)/t19-,20?,21+,22-,23-,25+/m0/s1. The summed E-state index contributed by atoms with van der Waals surface area (Å²) >= 11 is 0. The summed E-state index contributed by atoms with van der Waals surface area (Å²) in [6.45, 7) is 16.4. The molecule has 5 amide bonds. The minimum Gasteiger partial charge on any atom is -0.353 e. The van der Waals surface area contributed by atoms with Crippen molar-refractivity contribution in [2.24, 2.45) is 34.0 Å². The van der Waals surface area contributed by atoms with Gasteiger partial charge < -0.3 is 26.2 Å². The van der Waals surface area contributed by atoms with Gasteiger partial charge in [0.05, 0.1) is 6.04 Å². The summed E-state index contributed by atoms with van der Waals surface area (Å²) in [7, 11) is -0.732. The van der Waals surface area contributed by atoms with Crippen molar-refractivity contribution in [1.29, 1.82) is 0 Å². The van der Waals surface area contributed by atoms with E-state index in [2.05, 4.69) is 35.1 Å². The first-order valence-electron chi connectivity index (χ1n) is 16.7. The molecule has 2 heterocycles. The zero-order chi connectivity index (χ0) is 35.4. The quantitative estimate of drug-likeness (QED) is 0.232. The molecule has 266 valence electrons. The maximum Gasteiger partial charge on any atom is 0.315 e. The van der Waals surface area contributed by atoms with Crippen LogP contribution in [0.25, 0.3) is 0 Å². The number of carbonyl (C=O) groups is 5. The van der Waals surface area contributed by atoms with E-state index in [1.54, 1.807) is 0 Å². The molecule has 0 bridgehead atoms. The molecule has 14 nitrogen and oxygen atoms in total. The van der Waals surface area contributed by atoms with E-state index in [0.717, 1.165) is 12.8 Å². The van der Waals surface area contributed by atoms with Crippen LogP contribution in [0.3, 0.4) is 0 Å². The molecule has 2 saturated carbocycles. The Balaban J connectivity index is 1.52. The number of hydrogen-bond acceptors (Lipinski definition) is 7. The van der Waals surface area contributed by atoms with Crippen LogP contribution in [0.1, 0.15) is 74.7 Å². The number of likely N-dealkylation sites (N-methyl/N-ethyl adjacent to an activating group) is 2. The van der Waals surface area contributed by atoms with Crippen LogP contribution < -0.4 is 21.3 Å². The van der Waals surface area contributed by atoms with E-state index in [0.29, 0.717) is 26.1 Å². The van der Waals surface area contributed by atoms with Gasteiger partial charge in [0.15, 0.2) is 0 Å². The Hall–Kier alpha value is -2.78. The molecule has 15 heteroatoms. The lowest BCUT2D eigenvalue weighted by Crippen LogP contribution is -2.62. The lowest BCUT2D eigenvalue weighted by atomic mass is 9.85. The number of hydrogen-bond donors (Lipinski definition) is 4. The third-order valence-corrected chi connectivity index (χ3v) is 12.6. The molecule has 0 aromatic rings. The molecule has 2 aliphatic heterocycles. The molecule has 0 radical (unpaired) electrons. The van der Waals surface area contributed by atoms with Crippen LogP contribution in [0.5, 0.6) is 0 Å². The van der Waals surface area contributed by atoms with Gasteiger partial charge in [0.2, 0.25) is 17.6 Å². The number of amides is 5. The smallest absolute Gasteiger partial charge is 0.315 e. The summed E-state index contributed by atoms with van der Waals surface area (Å²) in [5, 5.41) is 11.0. The zero-order valence-corrected chi connectivity index (χ0v) is 30.4. The Bertz CT molecular complexity index is 1380. The highest BCUT2D eigenvalue weighted by atomic mass is 32.2. The fourth-order valence-electron chi connectivity index (χ4n) is 7.02. The Labute approximate surface area is 279 Å². The van der Waals surface area contributed by atoms with E-state index in [1.165, 1.54) is 27.6 Å². The van der Waals surface area contributed by atoms with Crippen molar-refractivity contribution in [2.75, 3.05) is 40.3 Å². The molecule has 47 heavy (non-hydrogen) atoms. The van der Waals surface area contributed by atoms with Gasteiger partial charge in [-0.1, -0.05) is 68.2 Å². The van der Waals surface area contributed by atoms with Crippen molar-refractivity contribution in [3.8, 4) is 0 Å². The minimum absolute atomic E-state index is 0.0685. The van der Waals surface area contributed by atoms with Crippen LogP contribution in [-0.2, 0) is 29.4 Å². The minimum atomic E-state index is -3.62. The highest BCUT2D eigenvalue weighted by Crippen LogP contribution is 2.65. The molecule has 2 aliphatic carbocycles. The molecule has 4 rings (SSSR count). The van der Waals surface area contributed by atoms with Gasteiger partial charge >= 0.3 is 6.03 Å². The average Bonchev–Trinajstić information content (AvgIpc) is 3.77. The predicted octanol–water partition coefficient (Wildman–Crippen LogP) is 0.690. The third-order valence-electron chi connectivity index (χ3n) is 10.6. The van der Waals surface area contributed by atoms with Gasteiger partial charge in [-0.2, -0.15) is 17.0 Å². The topological polar surface area (TPSA) is 177 Å². The first kappa shape index (κ1) is 37.0. The molecular formula is C32H55N7O7S. The first-order chi connectivity index (χ1) is 21.5. The van der Waals surface area contributed by atoms with Crippen molar-refractivity contribution in [2.45, 2.75) is 98.8 Å². The number of rotatable bonds is 11. The van der Waals surface area contributed by atoms with Crippen molar-refractivity contribution >= 4 is 39.7 Å². The summed E-state index contributed by atoms with van der Waals surface area (Å²) in [5.74, 6) is -2.17. The maximum absolute atomic E-state index is 14.3. The van der Waals surface area contributed by atoms with Gasteiger partial charge in [-0.15, -0.1) is 0 Å². The van der Waals surface area contributed by atoms with Crippen LogP contribution >= 0.6 is 0 Å². The van der Waals surface area contributed by atoms with E-state index in [4.69, 9.17) is 0 Å². The van der Waals surface area contributed by atoms with Crippen LogP contribution in [0.2, 0.25) is 0 Å². The number of urea groups is 1. The van der Waals surface area contributed by atoms with E-state index in [9.17, 15) is 32.4 Å². The lowest BCUT2D eigenvalue weighted by molar-refractivity contribution is -0.145. The number of piperidine rings is 1. The second kappa shape index (κ2) is 12.9. The van der Waals surface area contributed by atoms with Gasteiger partial charge in [-0.3, -0.25) is 19.2 Å². The third kappa shape index (κ3) is 7.77. The van der Waals surface area contributed by atoms with Gasteiger partial charge in [0, 0.05) is 46.3 Å². The monoisotopic (exact) mass is 681 g/mol. The van der Waals surface area contributed by atoms with Crippen molar-refractivity contribution in [3.63, 3.8) is 0 Å². The fraction of sp³-hybridized carbons (Fsp3) is 0.844. The van der Waals surface area contributed by atoms with Gasteiger partial charge in [0.25, 0.3) is 16.1 Å². The fourth-order valence-corrected chi connectivity index (χ4v) is 8.38. The van der Waals surface area contributed by atoms with Crippen LogP contribution in [-0.4, -0.2) is 116 Å². The number of carbonyl (C=O) groups excluding carboxylic acids is 5. The van der Waals surface area contributed by atoms with E-state index in [-0.39, 0.29) is 29.7 Å². The number of fused-ring (bicyclic) bond motifs is 1. The first-order valence-corrected chi connectivity index (χ1v) is 18.1. The number of nitrogens with zero attached hydrogens (tertiary/aromatic N) is 3. The molecule has 0 spiro atoms. The van der Waals surface area contributed by atoms with E-state index in [1.807, 2.05) is 41.5 Å². The highest BCUT2D eigenvalue weighted by Gasteiger charge is 2.70. The molecule has 1 unspecified atom stereocenters. The SMILES string of the molecule is CNC(=O)C(=O)C(CC1CC1)NC(=O)[C@@H]1[C@@H]2[C@H](CN1C(=O)[C@@H](NC(=O)N[C@H](CN1CCN(C)S1(=O)=O)C(C)(C)C)C(C)(C)C)C2(C)C. The number of ketones is 1. The largest absolute Gasteiger partial charge is 0.353 e. The number of nitrogens with one attached hydrogen (secondary N) is 4. The molecule has 2 saturated heterocycles. The Morgan fingerprint density at radius 2 is 1.53 bits per heavy atom. The molecule has 4 fully saturated rings. The molecule has 4 aliphatic rings. The average molecular weight is 682 g/mol. The molecule has 4 N–H and O–H groups in total. The second-order valence-electron chi connectivity index (χ2n) is 16.6. The summed E-state index contributed by atoms with van der Waals surface area (Å²) in [6, 6.07) is -4.05. The Morgan fingerprint density at radius 3 is 2.02 bits per heavy atom. The van der Waals surface area contributed by atoms with Crippen LogP contribution in [0.15, 0.2) is 0 Å². The van der Waals surface area contributed by atoms with E-state index >= 15 is 0 Å². The number of Topliss-reactive ketones (excluding diaryl/α,β-unsaturated/α-hetero) is 1. The molecule has 0 aromatic carbocycles. The normalized spacial score (nSPS) is 27.3. The Morgan fingerprint density at radius 1 is 0.915 bits per heavy atom. The molecular weight excluding hydrogens is 626 g/mol.